The van der Waals surface area contributed by atoms with E-state index < -0.39 is 10.0 Å². The van der Waals surface area contributed by atoms with Crippen LogP contribution in [-0.2, 0) is 21.3 Å². The van der Waals surface area contributed by atoms with Crippen molar-refractivity contribution >= 4 is 10.0 Å². The van der Waals surface area contributed by atoms with Crippen LogP contribution in [0.5, 0.6) is 5.75 Å². The lowest BCUT2D eigenvalue weighted by molar-refractivity contribution is 0.115. The fraction of sp³-hybridized carbons (Fsp3) is 0.538. The first kappa shape index (κ1) is 15.2. The zero-order chi connectivity index (χ0) is 14.8. The molecule has 1 heterocycles. The molecule has 1 saturated heterocycles. The van der Waals surface area contributed by atoms with E-state index in [9.17, 15) is 8.42 Å². The van der Waals surface area contributed by atoms with Gasteiger partial charge in [-0.05, 0) is 24.1 Å². The minimum Gasteiger partial charge on any atom is -0.495 e. The topological polar surface area (TPSA) is 81.9 Å². The number of hydrogen-bond acceptors (Lipinski definition) is 5. The standard InChI is InChI=1S/C13H20N2O4S/c1-18-11-5-6-15(9-11)20(16,17)13-7-10(8-14)3-4-12(13)19-2/h3-4,7,11H,5-6,8-9,14H2,1-2H3. The zero-order valence-corrected chi connectivity index (χ0v) is 12.5. The van der Waals surface area contributed by atoms with Gasteiger partial charge in [-0.25, -0.2) is 8.42 Å². The highest BCUT2D eigenvalue weighted by Crippen LogP contribution is 2.30. The van der Waals surface area contributed by atoms with Gasteiger partial charge in [-0.3, -0.25) is 0 Å². The number of ether oxygens (including phenoxy) is 2. The van der Waals surface area contributed by atoms with Crippen molar-refractivity contribution in [3.05, 3.63) is 23.8 Å². The molecule has 2 N–H and O–H groups in total. The maximum Gasteiger partial charge on any atom is 0.246 e. The molecule has 0 bridgehead atoms. The Morgan fingerprint density at radius 2 is 2.15 bits per heavy atom. The molecule has 0 aromatic heterocycles. The third-order valence-corrected chi connectivity index (χ3v) is 5.41. The monoisotopic (exact) mass is 300 g/mol. The highest BCUT2D eigenvalue weighted by Gasteiger charge is 2.34. The summed E-state index contributed by atoms with van der Waals surface area (Å²) in [4.78, 5) is 0.166. The molecule has 0 spiro atoms. The lowest BCUT2D eigenvalue weighted by Gasteiger charge is -2.18. The summed E-state index contributed by atoms with van der Waals surface area (Å²) in [6.45, 7) is 1.11. The van der Waals surface area contributed by atoms with Crippen LogP contribution < -0.4 is 10.5 Å². The van der Waals surface area contributed by atoms with Crippen LogP contribution in [0.4, 0.5) is 0 Å². The van der Waals surface area contributed by atoms with Crippen LogP contribution in [0.1, 0.15) is 12.0 Å². The van der Waals surface area contributed by atoms with E-state index in [-0.39, 0.29) is 17.5 Å². The van der Waals surface area contributed by atoms with Crippen LogP contribution in [-0.4, -0.2) is 46.1 Å². The maximum absolute atomic E-state index is 12.7. The Bertz CT molecular complexity index is 574. The molecule has 2 rings (SSSR count). The lowest BCUT2D eigenvalue weighted by atomic mass is 10.2. The molecule has 1 aliphatic heterocycles. The van der Waals surface area contributed by atoms with E-state index in [0.29, 0.717) is 25.3 Å². The van der Waals surface area contributed by atoms with Gasteiger partial charge in [-0.1, -0.05) is 6.07 Å². The Morgan fingerprint density at radius 3 is 2.70 bits per heavy atom. The molecule has 1 unspecified atom stereocenters. The fourth-order valence-electron chi connectivity index (χ4n) is 2.30. The van der Waals surface area contributed by atoms with E-state index in [1.165, 1.54) is 11.4 Å². The van der Waals surface area contributed by atoms with Crippen LogP contribution >= 0.6 is 0 Å². The van der Waals surface area contributed by atoms with Gasteiger partial charge in [0.2, 0.25) is 10.0 Å². The minimum absolute atomic E-state index is 0.0477. The first-order valence-corrected chi connectivity index (χ1v) is 7.87. The van der Waals surface area contributed by atoms with E-state index in [1.807, 2.05) is 0 Å². The number of methoxy groups -OCH3 is 2. The molecule has 1 aromatic carbocycles. The highest BCUT2D eigenvalue weighted by molar-refractivity contribution is 7.89. The molecule has 0 aliphatic carbocycles. The van der Waals surface area contributed by atoms with Crippen LogP contribution in [0.3, 0.4) is 0 Å². The smallest absolute Gasteiger partial charge is 0.246 e. The van der Waals surface area contributed by atoms with Crippen molar-refractivity contribution in [3.63, 3.8) is 0 Å². The molecule has 1 aliphatic rings. The van der Waals surface area contributed by atoms with Crippen molar-refractivity contribution in [3.8, 4) is 5.75 Å². The first-order chi connectivity index (χ1) is 9.52. The van der Waals surface area contributed by atoms with Gasteiger partial charge in [-0.15, -0.1) is 0 Å². The Hall–Kier alpha value is -1.15. The predicted octanol–water partition coefficient (Wildman–Crippen LogP) is 0.563. The summed E-state index contributed by atoms with van der Waals surface area (Å²) in [5, 5.41) is 0. The molecule has 0 amide bonds. The van der Waals surface area contributed by atoms with Crippen molar-refractivity contribution < 1.29 is 17.9 Å². The Kier molecular flexibility index (Phi) is 4.64. The summed E-state index contributed by atoms with van der Waals surface area (Å²) < 4.78 is 37.2. The summed E-state index contributed by atoms with van der Waals surface area (Å²) in [6.07, 6.45) is 0.655. The van der Waals surface area contributed by atoms with Crippen LogP contribution in [0.25, 0.3) is 0 Å². The van der Waals surface area contributed by atoms with E-state index >= 15 is 0 Å². The van der Waals surface area contributed by atoms with E-state index in [2.05, 4.69) is 0 Å². The zero-order valence-electron chi connectivity index (χ0n) is 11.7. The largest absolute Gasteiger partial charge is 0.495 e. The quantitative estimate of drug-likeness (QED) is 0.859. The number of benzene rings is 1. The van der Waals surface area contributed by atoms with Crippen molar-refractivity contribution in [1.82, 2.24) is 4.31 Å². The second kappa shape index (κ2) is 6.09. The number of sulfonamides is 1. The molecule has 1 fully saturated rings. The van der Waals surface area contributed by atoms with Gasteiger partial charge < -0.3 is 15.2 Å². The summed E-state index contributed by atoms with van der Waals surface area (Å²) in [5.74, 6) is 0.336. The molecule has 1 atom stereocenters. The summed E-state index contributed by atoms with van der Waals surface area (Å²) in [7, 11) is -0.534. The van der Waals surface area contributed by atoms with Gasteiger partial charge in [0.1, 0.15) is 10.6 Å². The van der Waals surface area contributed by atoms with Crippen molar-refractivity contribution in [2.45, 2.75) is 24.0 Å². The third-order valence-electron chi connectivity index (χ3n) is 3.52. The summed E-state index contributed by atoms with van der Waals surface area (Å²) in [6, 6.07) is 4.98. The molecule has 0 saturated carbocycles. The van der Waals surface area contributed by atoms with Gasteiger partial charge >= 0.3 is 0 Å². The minimum atomic E-state index is -3.58. The molecule has 7 heteroatoms. The highest BCUT2D eigenvalue weighted by atomic mass is 32.2. The Morgan fingerprint density at radius 1 is 1.40 bits per heavy atom. The summed E-state index contributed by atoms with van der Waals surface area (Å²) >= 11 is 0. The number of nitrogens with two attached hydrogens (primary N) is 1. The van der Waals surface area contributed by atoms with E-state index in [4.69, 9.17) is 15.2 Å². The van der Waals surface area contributed by atoms with Gasteiger partial charge in [0.15, 0.2) is 0 Å². The van der Waals surface area contributed by atoms with Crippen LogP contribution in [0.2, 0.25) is 0 Å². The Labute approximate surface area is 119 Å². The van der Waals surface area contributed by atoms with Crippen LogP contribution in [0, 0.1) is 0 Å². The van der Waals surface area contributed by atoms with Gasteiger partial charge in [0.25, 0.3) is 0 Å². The van der Waals surface area contributed by atoms with Crippen molar-refractivity contribution in [1.29, 1.82) is 0 Å². The lowest BCUT2D eigenvalue weighted by Crippen LogP contribution is -2.30. The van der Waals surface area contributed by atoms with Gasteiger partial charge in [0.05, 0.1) is 13.2 Å². The number of hydrogen-bond donors (Lipinski definition) is 1. The Balaban J connectivity index is 2.38. The third kappa shape index (κ3) is 2.80. The molecule has 1 aromatic rings. The van der Waals surface area contributed by atoms with E-state index in [1.54, 1.807) is 25.3 Å². The average Bonchev–Trinajstić information content (AvgIpc) is 2.96. The summed E-state index contributed by atoms with van der Waals surface area (Å²) in [5.41, 5.74) is 6.34. The normalized spacial score (nSPS) is 20.2. The average molecular weight is 300 g/mol. The maximum atomic E-state index is 12.7. The second-order valence-corrected chi connectivity index (χ2v) is 6.61. The molecular weight excluding hydrogens is 280 g/mol. The van der Waals surface area contributed by atoms with Crippen molar-refractivity contribution in [2.24, 2.45) is 5.73 Å². The fourth-order valence-corrected chi connectivity index (χ4v) is 3.99. The molecule has 6 nitrogen and oxygen atoms in total. The molecule has 112 valence electrons. The predicted molar refractivity (Wildman–Crippen MR) is 75.1 cm³/mol. The van der Waals surface area contributed by atoms with Gasteiger partial charge in [0, 0.05) is 26.7 Å². The number of nitrogens with zero attached hydrogens (tertiary/aromatic N) is 1. The number of rotatable bonds is 5. The molecule has 0 radical (unpaired) electrons. The first-order valence-electron chi connectivity index (χ1n) is 6.43. The molecular formula is C13H20N2O4S. The SMILES string of the molecule is COc1ccc(CN)cc1S(=O)(=O)N1CCC(OC)C1. The van der Waals surface area contributed by atoms with Crippen molar-refractivity contribution in [2.75, 3.05) is 27.3 Å². The van der Waals surface area contributed by atoms with Gasteiger partial charge in [-0.2, -0.15) is 4.31 Å². The van der Waals surface area contributed by atoms with E-state index in [0.717, 1.165) is 5.56 Å². The van der Waals surface area contributed by atoms with Crippen LogP contribution in [0.15, 0.2) is 23.1 Å². The second-order valence-electron chi connectivity index (χ2n) is 4.70. The molecule has 20 heavy (non-hydrogen) atoms.